The third-order valence-corrected chi connectivity index (χ3v) is 1.80. The predicted octanol–water partition coefficient (Wildman–Crippen LogP) is 2.83. The van der Waals surface area contributed by atoms with E-state index in [1.807, 2.05) is 0 Å². The van der Waals surface area contributed by atoms with Crippen LogP contribution in [-0.4, -0.2) is 10.2 Å². The lowest BCUT2D eigenvalue weighted by Gasteiger charge is -2.08. The van der Waals surface area contributed by atoms with Gasteiger partial charge in [-0.05, 0) is 18.2 Å². The van der Waals surface area contributed by atoms with Gasteiger partial charge in [0.1, 0.15) is 0 Å². The van der Waals surface area contributed by atoms with Crippen molar-refractivity contribution in [2.75, 3.05) is 5.32 Å². The largest absolute Gasteiger partial charge is 0.416 e. The fourth-order valence-electron chi connectivity index (χ4n) is 1.12. The molecule has 0 unspecified atom stereocenters. The summed E-state index contributed by atoms with van der Waals surface area (Å²) in [6.45, 7) is 0. The minimum Gasteiger partial charge on any atom is -0.411 e. The van der Waals surface area contributed by atoms with E-state index in [1.165, 1.54) is 12.1 Å². The van der Waals surface area contributed by atoms with E-state index < -0.39 is 11.7 Å². The van der Waals surface area contributed by atoms with Crippen molar-refractivity contribution in [2.45, 2.75) is 6.18 Å². The van der Waals surface area contributed by atoms with E-state index >= 15 is 0 Å². The molecular formula is C9H6F3N3O. The monoisotopic (exact) mass is 229 g/mol. The van der Waals surface area contributed by atoms with Crippen LogP contribution in [0.2, 0.25) is 0 Å². The highest BCUT2D eigenvalue weighted by Crippen LogP contribution is 2.31. The molecule has 0 saturated heterocycles. The molecule has 0 bridgehead atoms. The van der Waals surface area contributed by atoms with Crippen molar-refractivity contribution < 1.29 is 17.6 Å². The molecule has 0 aliphatic carbocycles. The number of halogens is 3. The zero-order valence-corrected chi connectivity index (χ0v) is 7.82. The van der Waals surface area contributed by atoms with E-state index in [-0.39, 0.29) is 11.7 Å². The molecule has 0 amide bonds. The molecule has 1 N–H and O–H groups in total. The highest BCUT2D eigenvalue weighted by atomic mass is 19.4. The summed E-state index contributed by atoms with van der Waals surface area (Å²) in [4.78, 5) is 0. The van der Waals surface area contributed by atoms with Crippen LogP contribution in [0.3, 0.4) is 0 Å². The first-order chi connectivity index (χ1) is 7.55. The molecule has 2 rings (SSSR count). The van der Waals surface area contributed by atoms with E-state index in [0.717, 1.165) is 18.5 Å². The number of anilines is 2. The molecule has 0 spiro atoms. The molecule has 2 aromatic rings. The highest BCUT2D eigenvalue weighted by Gasteiger charge is 2.30. The Hall–Kier alpha value is -2.05. The normalized spacial score (nSPS) is 11.4. The van der Waals surface area contributed by atoms with Gasteiger partial charge in [0.25, 0.3) is 0 Å². The van der Waals surface area contributed by atoms with Crippen LogP contribution in [-0.2, 0) is 6.18 Å². The number of alkyl halides is 3. The van der Waals surface area contributed by atoms with Crippen molar-refractivity contribution >= 4 is 11.7 Å². The number of hydrogen-bond donors (Lipinski definition) is 1. The molecule has 0 radical (unpaired) electrons. The maximum absolute atomic E-state index is 12.4. The topological polar surface area (TPSA) is 51.0 Å². The van der Waals surface area contributed by atoms with E-state index in [0.29, 0.717) is 0 Å². The first-order valence-electron chi connectivity index (χ1n) is 4.26. The van der Waals surface area contributed by atoms with Crippen LogP contribution in [0.5, 0.6) is 0 Å². The summed E-state index contributed by atoms with van der Waals surface area (Å²) in [5.74, 6) is 0. The molecule has 7 heteroatoms. The molecule has 0 saturated carbocycles. The van der Waals surface area contributed by atoms with Crippen LogP contribution in [0.25, 0.3) is 0 Å². The number of nitrogens with zero attached hydrogens (tertiary/aromatic N) is 2. The summed E-state index contributed by atoms with van der Waals surface area (Å²) in [6, 6.07) is 4.75. The maximum atomic E-state index is 12.4. The smallest absolute Gasteiger partial charge is 0.411 e. The molecule has 1 heterocycles. The third kappa shape index (κ3) is 2.30. The first kappa shape index (κ1) is 10.5. The molecule has 0 aliphatic rings. The summed E-state index contributed by atoms with van der Waals surface area (Å²) in [5.41, 5.74) is -0.504. The fourth-order valence-corrected chi connectivity index (χ4v) is 1.12. The van der Waals surface area contributed by atoms with Gasteiger partial charge in [-0.25, -0.2) is 0 Å². The Morgan fingerprint density at radius 2 is 2.06 bits per heavy atom. The molecule has 4 nitrogen and oxygen atoms in total. The van der Waals surface area contributed by atoms with Crippen molar-refractivity contribution in [3.05, 3.63) is 36.2 Å². The minimum atomic E-state index is -4.37. The Labute approximate surface area is 88.1 Å². The Balaban J connectivity index is 2.23. The number of rotatable bonds is 2. The number of nitrogens with one attached hydrogen (secondary N) is 1. The SMILES string of the molecule is FC(F)(F)c1cccc(Nc2nnco2)c1. The summed E-state index contributed by atoms with van der Waals surface area (Å²) in [5, 5.41) is 9.44. The lowest BCUT2D eigenvalue weighted by atomic mass is 10.2. The van der Waals surface area contributed by atoms with Gasteiger partial charge < -0.3 is 9.73 Å². The van der Waals surface area contributed by atoms with Gasteiger partial charge in [0, 0.05) is 5.69 Å². The Morgan fingerprint density at radius 1 is 1.25 bits per heavy atom. The van der Waals surface area contributed by atoms with Crippen LogP contribution in [0.1, 0.15) is 5.56 Å². The molecule has 16 heavy (non-hydrogen) atoms. The molecule has 84 valence electrons. The molecule has 0 atom stereocenters. The molecule has 0 fully saturated rings. The summed E-state index contributed by atoms with van der Waals surface area (Å²) >= 11 is 0. The van der Waals surface area contributed by atoms with Gasteiger partial charge in [-0.2, -0.15) is 13.2 Å². The Morgan fingerprint density at radius 3 is 2.69 bits per heavy atom. The van der Waals surface area contributed by atoms with Crippen molar-refractivity contribution in [3.8, 4) is 0 Å². The van der Waals surface area contributed by atoms with Crippen LogP contribution >= 0.6 is 0 Å². The van der Waals surface area contributed by atoms with Crippen molar-refractivity contribution in [1.29, 1.82) is 0 Å². The predicted molar refractivity (Wildman–Crippen MR) is 49.0 cm³/mol. The molecule has 1 aromatic heterocycles. The van der Waals surface area contributed by atoms with Gasteiger partial charge in [0.2, 0.25) is 6.39 Å². The quantitative estimate of drug-likeness (QED) is 0.860. The van der Waals surface area contributed by atoms with Crippen molar-refractivity contribution in [1.82, 2.24) is 10.2 Å². The molecular weight excluding hydrogens is 223 g/mol. The standard InChI is InChI=1S/C9H6F3N3O/c10-9(11,12)6-2-1-3-7(4-6)14-8-15-13-5-16-8/h1-5H,(H,14,15). The average molecular weight is 229 g/mol. The zero-order chi connectivity index (χ0) is 11.6. The fraction of sp³-hybridized carbons (Fsp3) is 0.111. The van der Waals surface area contributed by atoms with Gasteiger partial charge in [-0.1, -0.05) is 11.2 Å². The lowest BCUT2D eigenvalue weighted by Crippen LogP contribution is -2.05. The van der Waals surface area contributed by atoms with Crippen molar-refractivity contribution in [3.63, 3.8) is 0 Å². The second-order valence-electron chi connectivity index (χ2n) is 2.95. The van der Waals surface area contributed by atoms with E-state index in [2.05, 4.69) is 15.5 Å². The summed E-state index contributed by atoms with van der Waals surface area (Å²) in [7, 11) is 0. The second-order valence-corrected chi connectivity index (χ2v) is 2.95. The average Bonchev–Trinajstić information content (AvgIpc) is 2.70. The molecule has 0 aliphatic heterocycles. The number of aromatic nitrogens is 2. The third-order valence-electron chi connectivity index (χ3n) is 1.80. The van der Waals surface area contributed by atoms with E-state index in [9.17, 15) is 13.2 Å². The van der Waals surface area contributed by atoms with Crippen LogP contribution < -0.4 is 5.32 Å². The zero-order valence-electron chi connectivity index (χ0n) is 7.82. The summed E-state index contributed by atoms with van der Waals surface area (Å²) in [6.07, 6.45) is -3.29. The Kier molecular flexibility index (Phi) is 2.51. The molecule has 1 aromatic carbocycles. The van der Waals surface area contributed by atoms with Gasteiger partial charge in [0.05, 0.1) is 5.56 Å². The lowest BCUT2D eigenvalue weighted by molar-refractivity contribution is -0.137. The van der Waals surface area contributed by atoms with Crippen LogP contribution in [0.4, 0.5) is 24.9 Å². The van der Waals surface area contributed by atoms with Crippen LogP contribution in [0.15, 0.2) is 35.1 Å². The highest BCUT2D eigenvalue weighted by molar-refractivity contribution is 5.53. The number of benzene rings is 1. The van der Waals surface area contributed by atoms with Crippen LogP contribution in [0, 0.1) is 0 Å². The van der Waals surface area contributed by atoms with Gasteiger partial charge >= 0.3 is 12.2 Å². The number of hydrogen-bond acceptors (Lipinski definition) is 4. The summed E-state index contributed by atoms with van der Waals surface area (Å²) < 4.78 is 41.9. The first-order valence-corrected chi connectivity index (χ1v) is 4.26. The second kappa shape index (κ2) is 3.84. The Bertz CT molecular complexity index is 467. The minimum absolute atomic E-state index is 0.0410. The van der Waals surface area contributed by atoms with Crippen molar-refractivity contribution in [2.24, 2.45) is 0 Å². The van der Waals surface area contributed by atoms with Gasteiger partial charge in [-0.3, -0.25) is 0 Å². The van der Waals surface area contributed by atoms with Gasteiger partial charge in [-0.15, -0.1) is 5.10 Å². The van der Waals surface area contributed by atoms with Gasteiger partial charge in [0.15, 0.2) is 0 Å². The van der Waals surface area contributed by atoms with E-state index in [4.69, 9.17) is 4.42 Å². The maximum Gasteiger partial charge on any atom is 0.416 e. The van der Waals surface area contributed by atoms with E-state index in [1.54, 1.807) is 0 Å².